The van der Waals surface area contributed by atoms with E-state index in [0.717, 1.165) is 24.2 Å². The molecule has 46 heavy (non-hydrogen) atoms. The summed E-state index contributed by atoms with van der Waals surface area (Å²) < 4.78 is 80.2. The molecule has 6 rings (SSSR count). The van der Waals surface area contributed by atoms with Gasteiger partial charge in [-0.05, 0) is 80.1 Å². The second kappa shape index (κ2) is 12.3. The van der Waals surface area contributed by atoms with E-state index in [0.29, 0.717) is 52.0 Å². The summed E-state index contributed by atoms with van der Waals surface area (Å²) in [6.45, 7) is 2.24. The van der Waals surface area contributed by atoms with Crippen LogP contribution in [-0.4, -0.2) is 35.7 Å². The molecule has 0 unspecified atom stereocenters. The predicted molar refractivity (Wildman–Crippen MR) is 163 cm³/mol. The number of sulfonamides is 1. The van der Waals surface area contributed by atoms with Gasteiger partial charge in [0.1, 0.15) is 5.76 Å². The molecular formula is C33H30F3N3O6S. The van der Waals surface area contributed by atoms with Crippen molar-refractivity contribution in [3.8, 4) is 17.0 Å². The molecule has 0 bridgehead atoms. The number of aromatic hydroxyl groups is 1. The fourth-order valence-corrected chi connectivity index (χ4v) is 6.82. The Morgan fingerprint density at radius 3 is 2.48 bits per heavy atom. The molecule has 0 fully saturated rings. The number of nitrogens with zero attached hydrogens (tertiary/aromatic N) is 2. The van der Waals surface area contributed by atoms with Crippen molar-refractivity contribution in [1.29, 1.82) is 0 Å². The number of rotatable bonds is 10. The van der Waals surface area contributed by atoms with E-state index in [1.54, 1.807) is 35.8 Å². The largest absolute Gasteiger partial charge is 0.494 e. The number of benzene rings is 2. The Morgan fingerprint density at radius 2 is 1.83 bits per heavy atom. The lowest BCUT2D eigenvalue weighted by Crippen LogP contribution is -2.22. The van der Waals surface area contributed by atoms with Crippen molar-refractivity contribution < 1.29 is 40.6 Å². The first kappa shape index (κ1) is 31.4. The molecule has 1 aliphatic heterocycles. The number of alkyl halides is 3. The van der Waals surface area contributed by atoms with Gasteiger partial charge in [-0.2, -0.15) is 13.2 Å². The Labute approximate surface area is 262 Å². The molecule has 0 saturated carbocycles. The van der Waals surface area contributed by atoms with Crippen LogP contribution in [0.1, 0.15) is 52.0 Å². The van der Waals surface area contributed by atoms with Crippen molar-refractivity contribution in [3.05, 3.63) is 101 Å². The summed E-state index contributed by atoms with van der Waals surface area (Å²) in [6.07, 6.45) is -1.09. The Balaban J connectivity index is 1.44. The normalized spacial score (nSPS) is 13.3. The summed E-state index contributed by atoms with van der Waals surface area (Å²) in [7, 11) is -3.92. The number of aryl methyl sites for hydroxylation is 3. The fourth-order valence-electron chi connectivity index (χ4n) is 5.83. The SMILES string of the molecule is CCOC(=O)c1c(CCc2ccc(C(F)(F)F)cc2)nc2c3n(c(O)c2c1-c1ccc(S(=O)(=O)NCc2ccco2)cc1)CCC3. The Bertz CT molecular complexity index is 2000. The van der Waals surface area contributed by atoms with E-state index in [1.165, 1.54) is 30.5 Å². The molecule has 1 aliphatic rings. The summed E-state index contributed by atoms with van der Waals surface area (Å²) >= 11 is 0. The highest BCUT2D eigenvalue weighted by Gasteiger charge is 2.32. The first-order chi connectivity index (χ1) is 22.0. The summed E-state index contributed by atoms with van der Waals surface area (Å²) in [6, 6.07) is 14.0. The number of nitrogens with one attached hydrogen (secondary N) is 1. The fraction of sp³-hybridized carbons (Fsp3) is 0.273. The highest BCUT2D eigenvalue weighted by atomic mass is 32.2. The van der Waals surface area contributed by atoms with Gasteiger partial charge in [-0.15, -0.1) is 0 Å². The predicted octanol–water partition coefficient (Wildman–Crippen LogP) is 6.41. The maximum atomic E-state index is 13.6. The van der Waals surface area contributed by atoms with Crippen molar-refractivity contribution in [2.45, 2.75) is 56.8 Å². The number of ether oxygens (including phenoxy) is 1. The molecule has 13 heteroatoms. The van der Waals surface area contributed by atoms with Crippen LogP contribution in [0.4, 0.5) is 13.2 Å². The number of halogens is 3. The lowest BCUT2D eigenvalue weighted by molar-refractivity contribution is -0.137. The number of fused-ring (bicyclic) bond motifs is 3. The van der Waals surface area contributed by atoms with Gasteiger partial charge in [-0.3, -0.25) is 0 Å². The first-order valence-corrected chi connectivity index (χ1v) is 16.2. The number of pyridine rings is 1. The van der Waals surface area contributed by atoms with Crippen LogP contribution in [0.3, 0.4) is 0 Å². The van der Waals surface area contributed by atoms with E-state index in [4.69, 9.17) is 14.1 Å². The van der Waals surface area contributed by atoms with Crippen molar-refractivity contribution in [2.75, 3.05) is 6.61 Å². The Hall–Kier alpha value is -4.62. The van der Waals surface area contributed by atoms with Crippen LogP contribution < -0.4 is 4.72 Å². The van der Waals surface area contributed by atoms with E-state index >= 15 is 0 Å². The number of furan rings is 1. The van der Waals surface area contributed by atoms with E-state index in [1.807, 2.05) is 0 Å². The summed E-state index contributed by atoms with van der Waals surface area (Å²) in [4.78, 5) is 18.4. The molecule has 0 radical (unpaired) electrons. The molecule has 9 nitrogen and oxygen atoms in total. The van der Waals surface area contributed by atoms with Crippen LogP contribution in [0.25, 0.3) is 22.0 Å². The monoisotopic (exact) mass is 653 g/mol. The number of carbonyl (C=O) groups excluding carboxylic acids is 1. The summed E-state index contributed by atoms with van der Waals surface area (Å²) in [5.41, 5.74) is 2.44. The van der Waals surface area contributed by atoms with Crippen LogP contribution in [0.15, 0.2) is 76.2 Å². The Morgan fingerprint density at radius 1 is 1.09 bits per heavy atom. The van der Waals surface area contributed by atoms with Crippen LogP contribution in [-0.2, 0) is 53.3 Å². The average Bonchev–Trinajstić information content (AvgIpc) is 3.79. The van der Waals surface area contributed by atoms with Crippen molar-refractivity contribution in [2.24, 2.45) is 0 Å². The van der Waals surface area contributed by atoms with Crippen molar-refractivity contribution >= 4 is 26.9 Å². The minimum Gasteiger partial charge on any atom is -0.494 e. The highest BCUT2D eigenvalue weighted by Crippen LogP contribution is 2.44. The smallest absolute Gasteiger partial charge is 0.416 e. The third-order valence-corrected chi connectivity index (χ3v) is 9.44. The van der Waals surface area contributed by atoms with E-state index < -0.39 is 27.7 Å². The van der Waals surface area contributed by atoms with Gasteiger partial charge in [0.25, 0.3) is 0 Å². The third-order valence-electron chi connectivity index (χ3n) is 8.03. The maximum absolute atomic E-state index is 13.6. The molecular weight excluding hydrogens is 623 g/mol. The molecule has 240 valence electrons. The lowest BCUT2D eigenvalue weighted by atomic mass is 9.92. The molecule has 5 aromatic rings. The molecule has 2 N–H and O–H groups in total. The van der Waals surface area contributed by atoms with Gasteiger partial charge in [-0.25, -0.2) is 22.9 Å². The van der Waals surface area contributed by atoms with Gasteiger partial charge in [0.05, 0.1) is 52.0 Å². The minimum absolute atomic E-state index is 0.0167. The van der Waals surface area contributed by atoms with Gasteiger partial charge in [-0.1, -0.05) is 24.3 Å². The number of esters is 1. The zero-order valence-electron chi connectivity index (χ0n) is 24.7. The van der Waals surface area contributed by atoms with Gasteiger partial charge < -0.3 is 18.8 Å². The second-order valence-electron chi connectivity index (χ2n) is 10.9. The van der Waals surface area contributed by atoms with Gasteiger partial charge in [0, 0.05) is 17.8 Å². The van der Waals surface area contributed by atoms with Gasteiger partial charge >= 0.3 is 12.1 Å². The molecule has 0 saturated heterocycles. The van der Waals surface area contributed by atoms with E-state index in [-0.39, 0.29) is 42.3 Å². The van der Waals surface area contributed by atoms with Crippen LogP contribution in [0.5, 0.6) is 5.88 Å². The quantitative estimate of drug-likeness (QED) is 0.167. The average molecular weight is 654 g/mol. The summed E-state index contributed by atoms with van der Waals surface area (Å²) in [5, 5.41) is 11.7. The number of carbonyl (C=O) groups is 1. The molecule has 0 amide bonds. The van der Waals surface area contributed by atoms with Gasteiger partial charge in [0.15, 0.2) is 0 Å². The zero-order chi connectivity index (χ0) is 32.6. The van der Waals surface area contributed by atoms with Crippen molar-refractivity contribution in [1.82, 2.24) is 14.3 Å². The number of hydrogen-bond donors (Lipinski definition) is 2. The molecule has 3 aromatic heterocycles. The standard InChI is InChI=1S/C33H30F3N3O6S/c1-2-44-32(41)28-25(16-9-20-7-12-22(13-8-20)33(34,35)36)38-30-26-6-3-17-39(26)31(40)29(30)27(28)21-10-14-24(15-11-21)46(42,43)37-19-23-5-4-18-45-23/h4-5,7-8,10-15,18,37,40H,2-3,6,9,16-17,19H2,1H3. The number of hydrogen-bond acceptors (Lipinski definition) is 7. The molecule has 4 heterocycles. The Kier molecular flexibility index (Phi) is 8.38. The topological polar surface area (TPSA) is 124 Å². The van der Waals surface area contributed by atoms with Crippen LogP contribution in [0, 0.1) is 0 Å². The zero-order valence-corrected chi connectivity index (χ0v) is 25.5. The van der Waals surface area contributed by atoms with Crippen LogP contribution in [0.2, 0.25) is 0 Å². The number of aromatic nitrogens is 2. The molecule has 0 atom stereocenters. The first-order valence-electron chi connectivity index (χ1n) is 14.7. The summed E-state index contributed by atoms with van der Waals surface area (Å²) in [5.74, 6) is -0.293. The minimum atomic E-state index is -4.46. The highest BCUT2D eigenvalue weighted by molar-refractivity contribution is 7.89. The maximum Gasteiger partial charge on any atom is 0.416 e. The van der Waals surface area contributed by atoms with Gasteiger partial charge in [0.2, 0.25) is 15.9 Å². The third kappa shape index (κ3) is 5.99. The second-order valence-corrected chi connectivity index (χ2v) is 12.7. The lowest BCUT2D eigenvalue weighted by Gasteiger charge is -2.16. The molecule has 0 spiro atoms. The van der Waals surface area contributed by atoms with Crippen LogP contribution >= 0.6 is 0 Å². The van der Waals surface area contributed by atoms with Crippen molar-refractivity contribution in [3.63, 3.8) is 0 Å². The molecule has 0 aliphatic carbocycles. The molecule has 2 aromatic carbocycles. The van der Waals surface area contributed by atoms with E-state index in [2.05, 4.69) is 4.72 Å². The van der Waals surface area contributed by atoms with E-state index in [9.17, 15) is 31.5 Å².